The lowest BCUT2D eigenvalue weighted by Crippen LogP contribution is -2.26. The van der Waals surface area contributed by atoms with Crippen LogP contribution in [0.1, 0.15) is 0 Å². The molecule has 0 aliphatic heterocycles. The van der Waals surface area contributed by atoms with E-state index < -0.39 is 13.4 Å². The molecular weight excluding hydrogens is 128 g/mol. The van der Waals surface area contributed by atoms with Crippen molar-refractivity contribution in [3.63, 3.8) is 0 Å². The molecule has 0 aromatic heterocycles. The summed E-state index contributed by atoms with van der Waals surface area (Å²) in [6, 6.07) is 0. The summed E-state index contributed by atoms with van der Waals surface area (Å²) >= 11 is -1.09. The van der Waals surface area contributed by atoms with E-state index in [4.69, 9.17) is 14.8 Å². The Kier molecular flexibility index (Phi) is 5.41. The average Bonchev–Trinajstić information content (AvgIpc) is 1.61. The molecule has 0 aliphatic carbocycles. The lowest BCUT2D eigenvalue weighted by atomic mass is 11.3. The van der Waals surface area contributed by atoms with Crippen molar-refractivity contribution >= 4 is 23.5 Å². The van der Waals surface area contributed by atoms with Crippen molar-refractivity contribution in [1.29, 1.82) is 0 Å². The number of ether oxygens (including phenoxy) is 1. The normalized spacial score (nSPS) is 9.00. The van der Waals surface area contributed by atoms with Crippen LogP contribution in [0, 0.1) is 0 Å². The smallest absolute Gasteiger partial charge is 0.371 e. The van der Waals surface area contributed by atoms with Crippen molar-refractivity contribution in [2.75, 3.05) is 13.8 Å². The number of hydrogen-bond acceptors (Lipinski definition) is 2. The lowest BCUT2D eigenvalue weighted by molar-refractivity contribution is 0.194. The zero-order valence-electron chi connectivity index (χ0n) is 4.57. The van der Waals surface area contributed by atoms with Crippen LogP contribution >= 0.6 is 10.0 Å². The largest absolute Gasteiger partial charge is 0.499 e. The summed E-state index contributed by atoms with van der Waals surface area (Å²) in [7, 11) is 7.24. The number of rotatable bonds is 3. The van der Waals surface area contributed by atoms with E-state index in [1.165, 1.54) is 0 Å². The minimum atomic E-state index is -1.09. The molecule has 0 spiro atoms. The van der Waals surface area contributed by atoms with E-state index in [-0.39, 0.29) is 0 Å². The quantitative estimate of drug-likeness (QED) is 0.453. The molecule has 0 saturated heterocycles. The zero-order valence-corrected chi connectivity index (χ0v) is 6.48. The van der Waals surface area contributed by atoms with Gasteiger partial charge in [0.25, 0.3) is 0 Å². The Balaban J connectivity index is 2.68. The van der Waals surface area contributed by atoms with E-state index in [9.17, 15) is 0 Å². The van der Waals surface area contributed by atoms with E-state index >= 15 is 0 Å². The summed E-state index contributed by atoms with van der Waals surface area (Å²) in [6.07, 6.45) is 0. The van der Waals surface area contributed by atoms with Gasteiger partial charge in [0, 0.05) is 7.11 Å². The van der Waals surface area contributed by atoms with Crippen molar-refractivity contribution < 1.29 is 4.74 Å². The van der Waals surface area contributed by atoms with Gasteiger partial charge in [-0.05, 0) is 0 Å². The fourth-order valence-electron chi connectivity index (χ4n) is 0.198. The van der Waals surface area contributed by atoms with Gasteiger partial charge in [-0.3, -0.25) is 0 Å². The molecule has 0 aromatic rings. The van der Waals surface area contributed by atoms with E-state index in [0.717, 1.165) is 0 Å². The Morgan fingerprint density at radius 1 is 1.86 bits per heavy atom. The molecule has 42 valence electrons. The van der Waals surface area contributed by atoms with Crippen molar-refractivity contribution in [2.45, 2.75) is 5.79 Å². The van der Waals surface area contributed by atoms with Gasteiger partial charge in [0.15, 0.2) is 0 Å². The second-order valence-electron chi connectivity index (χ2n) is 1.25. The molecule has 1 N–H and O–H groups in total. The van der Waals surface area contributed by atoms with E-state index in [0.29, 0.717) is 6.73 Å². The van der Waals surface area contributed by atoms with E-state index in [2.05, 4.69) is 4.30 Å². The van der Waals surface area contributed by atoms with Gasteiger partial charge in [0.1, 0.15) is 0 Å². The highest BCUT2D eigenvalue weighted by molar-refractivity contribution is 7.04. The Morgan fingerprint density at radius 2 is 2.43 bits per heavy atom. The highest BCUT2D eigenvalue weighted by atomic mass is 35.6. The first-order chi connectivity index (χ1) is 3.27. The first kappa shape index (κ1) is 7.74. The van der Waals surface area contributed by atoms with Gasteiger partial charge < -0.3 is 9.04 Å². The van der Waals surface area contributed by atoms with Crippen molar-refractivity contribution in [3.8, 4) is 0 Å². The second-order valence-corrected chi connectivity index (χ2v) is 4.86. The minimum absolute atomic E-state index is 0.580. The molecule has 7 heavy (non-hydrogen) atoms. The van der Waals surface area contributed by atoms with Crippen LogP contribution in [-0.2, 0) is 4.74 Å². The molecule has 2 nitrogen and oxygen atoms in total. The van der Waals surface area contributed by atoms with Crippen LogP contribution in [0.15, 0.2) is 0 Å². The summed E-state index contributed by atoms with van der Waals surface area (Å²) in [5.74, 6) is 1.99. The summed E-state index contributed by atoms with van der Waals surface area (Å²) < 4.78 is 7.67. The molecule has 4 heteroatoms. The van der Waals surface area contributed by atoms with Crippen molar-refractivity contribution in [3.05, 3.63) is 0 Å². The highest BCUT2D eigenvalue weighted by Crippen LogP contribution is 1.78. The summed E-state index contributed by atoms with van der Waals surface area (Å²) in [5, 5.41) is 0. The predicted octanol–water partition coefficient (Wildman–Crippen LogP) is 0.537. The topological polar surface area (TPSA) is 21.3 Å². The van der Waals surface area contributed by atoms with Crippen LogP contribution in [0.25, 0.3) is 0 Å². The molecule has 0 radical (unpaired) electrons. The maximum atomic E-state index is 5.60. The van der Waals surface area contributed by atoms with Gasteiger partial charge in [-0.15, -0.1) is 0 Å². The van der Waals surface area contributed by atoms with Crippen LogP contribution in [0.3, 0.4) is 0 Å². The molecule has 0 heterocycles. The SMILES string of the molecule is COC[NH][Al]([CH3])[Cl]. The third-order valence-electron chi connectivity index (χ3n) is 0.509. The standard InChI is InChI=1S/C2H6NO.CH3.Al.ClH/c1-4-2-3;;;/h3H,2H2,1H3;1H3;;1H/q-1;;+2;/p-1. The van der Waals surface area contributed by atoms with Crippen LogP contribution in [0.2, 0.25) is 5.79 Å². The fraction of sp³-hybridized carbons (Fsp3) is 1.00. The van der Waals surface area contributed by atoms with Crippen LogP contribution in [-0.4, -0.2) is 27.3 Å². The lowest BCUT2D eigenvalue weighted by Gasteiger charge is -1.97. The zero-order chi connectivity index (χ0) is 5.70. The third kappa shape index (κ3) is 6.74. The first-order valence-corrected chi connectivity index (χ1v) is 5.61. The van der Waals surface area contributed by atoms with Gasteiger partial charge in [0.2, 0.25) is 0 Å². The van der Waals surface area contributed by atoms with Gasteiger partial charge in [0.05, 0.1) is 6.73 Å². The van der Waals surface area contributed by atoms with Crippen LogP contribution in [0.5, 0.6) is 0 Å². The van der Waals surface area contributed by atoms with Crippen LogP contribution in [0.4, 0.5) is 0 Å². The molecule has 0 unspecified atom stereocenters. The Hall–Kier alpha value is 0.742. The van der Waals surface area contributed by atoms with Crippen molar-refractivity contribution in [2.24, 2.45) is 0 Å². The van der Waals surface area contributed by atoms with Crippen molar-refractivity contribution in [1.82, 2.24) is 4.30 Å². The van der Waals surface area contributed by atoms with Crippen LogP contribution < -0.4 is 4.30 Å². The Bertz CT molecular complexity index is 43.9. The predicted molar refractivity (Wildman–Crippen MR) is 32.5 cm³/mol. The van der Waals surface area contributed by atoms with Gasteiger partial charge in [-0.2, -0.15) is 0 Å². The van der Waals surface area contributed by atoms with E-state index in [1.54, 1.807) is 7.11 Å². The minimum Gasteiger partial charge on any atom is -0.371 e. The molecule has 0 bridgehead atoms. The average molecular weight is 138 g/mol. The van der Waals surface area contributed by atoms with E-state index in [1.807, 2.05) is 5.79 Å². The second kappa shape index (κ2) is 4.89. The molecular formula is C3H9AlClNO. The van der Waals surface area contributed by atoms with Gasteiger partial charge in [-0.25, -0.2) is 10.0 Å². The molecule has 0 saturated carbocycles. The molecule has 0 amide bonds. The molecule has 0 fully saturated rings. The number of methoxy groups -OCH3 is 1. The maximum absolute atomic E-state index is 5.60. The maximum Gasteiger partial charge on any atom is 0.499 e. The monoisotopic (exact) mass is 137 g/mol. The highest BCUT2D eigenvalue weighted by Gasteiger charge is 2.02. The summed E-state index contributed by atoms with van der Waals surface area (Å²) in [6.45, 7) is 0.580. The summed E-state index contributed by atoms with van der Waals surface area (Å²) in [4.78, 5) is 0. The molecule has 0 rings (SSSR count). The molecule has 0 atom stereocenters. The number of hydrogen-bond donors (Lipinski definition) is 1. The first-order valence-electron chi connectivity index (χ1n) is 2.13. The van der Waals surface area contributed by atoms with Gasteiger partial charge in [-0.1, -0.05) is 5.79 Å². The number of nitrogens with one attached hydrogen (secondary N) is 1. The summed E-state index contributed by atoms with van der Waals surface area (Å²) in [5.41, 5.74) is 0. The number of halogens is 1. The molecule has 0 aliphatic rings. The Morgan fingerprint density at radius 3 is 2.57 bits per heavy atom. The fourth-order valence-corrected chi connectivity index (χ4v) is 0.783. The Labute approximate surface area is 52.6 Å². The third-order valence-corrected chi connectivity index (χ3v) is 1.70. The van der Waals surface area contributed by atoms with Gasteiger partial charge >= 0.3 is 13.4 Å². The molecule has 0 aromatic carbocycles.